The Bertz CT molecular complexity index is 596. The van der Waals surface area contributed by atoms with Gasteiger partial charge in [0.1, 0.15) is 0 Å². The van der Waals surface area contributed by atoms with Gasteiger partial charge in [0.15, 0.2) is 0 Å². The number of hydrogen-bond donors (Lipinski definition) is 0. The van der Waals surface area contributed by atoms with E-state index >= 15 is 0 Å². The van der Waals surface area contributed by atoms with E-state index in [0.717, 1.165) is 22.3 Å². The summed E-state index contributed by atoms with van der Waals surface area (Å²) in [6.07, 6.45) is 0. The van der Waals surface area contributed by atoms with Crippen LogP contribution in [0.2, 0.25) is 0 Å². The molecular formula is C18H24O3. The maximum absolute atomic E-state index is 12.0. The highest BCUT2D eigenvalue weighted by molar-refractivity contribution is 6.16. The Morgan fingerprint density at radius 3 is 1.19 bits per heavy atom. The van der Waals surface area contributed by atoms with Crippen LogP contribution in [0.5, 0.6) is 0 Å². The van der Waals surface area contributed by atoms with Crippen molar-refractivity contribution in [1.82, 2.24) is 0 Å². The maximum Gasteiger partial charge on any atom is 0.347 e. The molecule has 114 valence electrons. The Labute approximate surface area is 126 Å². The predicted octanol–water partition coefficient (Wildman–Crippen LogP) is 4.21. The van der Waals surface area contributed by atoms with Crippen LogP contribution in [0.15, 0.2) is 0 Å². The van der Waals surface area contributed by atoms with Crippen molar-refractivity contribution >= 4 is 11.9 Å². The molecule has 0 saturated heterocycles. The summed E-state index contributed by atoms with van der Waals surface area (Å²) in [6, 6.07) is 0. The topological polar surface area (TPSA) is 43.4 Å². The third-order valence-corrected chi connectivity index (χ3v) is 4.09. The smallest absolute Gasteiger partial charge is 0.347 e. The molecule has 1 aromatic carbocycles. The average Bonchev–Trinajstić information content (AvgIpc) is 2.55. The number of rotatable bonds is 0. The molecule has 0 radical (unpaired) electrons. The minimum atomic E-state index is -0.512. The van der Waals surface area contributed by atoms with Crippen molar-refractivity contribution in [3.63, 3.8) is 0 Å². The monoisotopic (exact) mass is 288 g/mol. The highest BCUT2D eigenvalue weighted by Gasteiger charge is 2.40. The molecule has 0 unspecified atom stereocenters. The van der Waals surface area contributed by atoms with Crippen LogP contribution in [-0.2, 0) is 15.6 Å². The quantitative estimate of drug-likeness (QED) is 0.530. The molecular weight excluding hydrogens is 264 g/mol. The van der Waals surface area contributed by atoms with Crippen LogP contribution >= 0.6 is 0 Å². The lowest BCUT2D eigenvalue weighted by Crippen LogP contribution is -2.26. The first kappa shape index (κ1) is 15.7. The number of esters is 2. The highest BCUT2D eigenvalue weighted by atomic mass is 16.6. The molecule has 0 aliphatic carbocycles. The molecule has 21 heavy (non-hydrogen) atoms. The van der Waals surface area contributed by atoms with Gasteiger partial charge in [0.25, 0.3) is 0 Å². The lowest BCUT2D eigenvalue weighted by Gasteiger charge is -2.34. The van der Waals surface area contributed by atoms with E-state index in [4.69, 9.17) is 4.74 Å². The maximum atomic E-state index is 12.0. The van der Waals surface area contributed by atoms with E-state index in [9.17, 15) is 9.59 Å². The number of benzene rings is 1. The number of hydrogen-bond acceptors (Lipinski definition) is 3. The molecule has 1 heterocycles. The fourth-order valence-electron chi connectivity index (χ4n) is 3.57. The third kappa shape index (κ3) is 2.29. The first-order chi connectivity index (χ1) is 9.37. The molecule has 0 amide bonds. The fourth-order valence-corrected chi connectivity index (χ4v) is 3.57. The molecule has 2 rings (SSSR count). The van der Waals surface area contributed by atoms with Crippen molar-refractivity contribution < 1.29 is 14.3 Å². The van der Waals surface area contributed by atoms with Crippen molar-refractivity contribution in [2.45, 2.75) is 66.2 Å². The van der Waals surface area contributed by atoms with Gasteiger partial charge in [-0.2, -0.15) is 0 Å². The summed E-state index contributed by atoms with van der Waals surface area (Å²) in [6.45, 7) is 16.7. The minimum absolute atomic E-state index is 0.113. The summed E-state index contributed by atoms with van der Waals surface area (Å²) >= 11 is 0. The number of cyclic esters (lactones) is 2. The van der Waals surface area contributed by atoms with Gasteiger partial charge in [0, 0.05) is 0 Å². The van der Waals surface area contributed by atoms with E-state index in [-0.39, 0.29) is 10.8 Å². The summed E-state index contributed by atoms with van der Waals surface area (Å²) in [5, 5.41) is 0. The van der Waals surface area contributed by atoms with Crippen molar-refractivity contribution in [3.05, 3.63) is 33.4 Å². The van der Waals surface area contributed by atoms with Crippen LogP contribution < -0.4 is 0 Å². The van der Waals surface area contributed by atoms with Gasteiger partial charge >= 0.3 is 11.9 Å². The van der Waals surface area contributed by atoms with E-state index in [1.807, 2.05) is 13.8 Å². The summed E-state index contributed by atoms with van der Waals surface area (Å²) < 4.78 is 4.85. The SMILES string of the molecule is Cc1c2c(c(C)c(C(C)(C)C)c1C(C)(C)C)C(=O)OC2=O. The van der Waals surface area contributed by atoms with E-state index in [2.05, 4.69) is 41.5 Å². The Kier molecular flexibility index (Phi) is 3.32. The molecule has 0 atom stereocenters. The average molecular weight is 288 g/mol. The summed E-state index contributed by atoms with van der Waals surface area (Å²) in [5.74, 6) is -1.02. The number of carbonyl (C=O) groups excluding carboxylic acids is 2. The summed E-state index contributed by atoms with van der Waals surface area (Å²) in [7, 11) is 0. The van der Waals surface area contributed by atoms with E-state index in [0.29, 0.717) is 11.1 Å². The number of fused-ring (bicyclic) bond motifs is 1. The molecule has 0 spiro atoms. The Hall–Kier alpha value is -1.64. The van der Waals surface area contributed by atoms with Crippen LogP contribution in [-0.4, -0.2) is 11.9 Å². The van der Waals surface area contributed by atoms with Crippen molar-refractivity contribution in [2.24, 2.45) is 0 Å². The molecule has 1 aromatic rings. The summed E-state index contributed by atoms with van der Waals surface area (Å²) in [5.41, 5.74) is 4.74. The zero-order valence-electron chi connectivity index (χ0n) is 14.2. The zero-order chi connectivity index (χ0) is 16.3. The van der Waals surface area contributed by atoms with E-state index in [1.165, 1.54) is 0 Å². The number of ether oxygens (including phenoxy) is 1. The first-order valence-electron chi connectivity index (χ1n) is 7.32. The Balaban J connectivity index is 3.03. The molecule has 3 heteroatoms. The molecule has 3 nitrogen and oxygen atoms in total. The van der Waals surface area contributed by atoms with Crippen molar-refractivity contribution in [1.29, 1.82) is 0 Å². The molecule has 0 bridgehead atoms. The van der Waals surface area contributed by atoms with Gasteiger partial charge < -0.3 is 4.74 Å². The molecule has 0 fully saturated rings. The lowest BCUT2D eigenvalue weighted by atomic mass is 9.69. The van der Waals surface area contributed by atoms with Gasteiger partial charge in [-0.15, -0.1) is 0 Å². The van der Waals surface area contributed by atoms with Gasteiger partial charge in [0.2, 0.25) is 0 Å². The summed E-state index contributed by atoms with van der Waals surface area (Å²) in [4.78, 5) is 24.1. The second-order valence-corrected chi connectivity index (χ2v) is 7.93. The van der Waals surface area contributed by atoms with E-state index in [1.54, 1.807) is 0 Å². The molecule has 0 aromatic heterocycles. The van der Waals surface area contributed by atoms with Crippen LogP contribution in [0.25, 0.3) is 0 Å². The zero-order valence-corrected chi connectivity index (χ0v) is 14.2. The van der Waals surface area contributed by atoms with Crippen LogP contribution in [0.3, 0.4) is 0 Å². The van der Waals surface area contributed by atoms with Gasteiger partial charge in [-0.25, -0.2) is 9.59 Å². The molecule has 1 aliphatic heterocycles. The molecule has 1 aliphatic rings. The largest absolute Gasteiger partial charge is 0.386 e. The predicted molar refractivity (Wildman–Crippen MR) is 83.1 cm³/mol. The highest BCUT2D eigenvalue weighted by Crippen LogP contribution is 2.43. The second kappa shape index (κ2) is 4.43. The van der Waals surface area contributed by atoms with E-state index < -0.39 is 11.9 Å². The van der Waals surface area contributed by atoms with Crippen LogP contribution in [0, 0.1) is 13.8 Å². The van der Waals surface area contributed by atoms with Crippen LogP contribution in [0.1, 0.15) is 84.5 Å². The molecule has 0 N–H and O–H groups in total. The first-order valence-corrected chi connectivity index (χ1v) is 7.32. The van der Waals surface area contributed by atoms with Crippen molar-refractivity contribution in [3.8, 4) is 0 Å². The fraction of sp³-hybridized carbons (Fsp3) is 0.556. The van der Waals surface area contributed by atoms with Crippen molar-refractivity contribution in [2.75, 3.05) is 0 Å². The third-order valence-electron chi connectivity index (χ3n) is 4.09. The number of carbonyl (C=O) groups is 2. The van der Waals surface area contributed by atoms with Gasteiger partial charge in [-0.05, 0) is 46.9 Å². The van der Waals surface area contributed by atoms with Crippen LogP contribution in [0.4, 0.5) is 0 Å². The Morgan fingerprint density at radius 2 is 0.952 bits per heavy atom. The molecule has 0 saturated carbocycles. The van der Waals surface area contributed by atoms with Gasteiger partial charge in [0.05, 0.1) is 11.1 Å². The van der Waals surface area contributed by atoms with Gasteiger partial charge in [-0.1, -0.05) is 41.5 Å². The standard InChI is InChI=1S/C18H24O3/c1-9-11-12(16(20)21-15(11)19)10(2)14(18(6,7)8)13(9)17(3,4)5/h1-8H3. The minimum Gasteiger partial charge on any atom is -0.386 e. The van der Waals surface area contributed by atoms with Gasteiger partial charge in [-0.3, -0.25) is 0 Å². The lowest BCUT2D eigenvalue weighted by molar-refractivity contribution is 0.0443. The normalized spacial score (nSPS) is 15.2. The Morgan fingerprint density at radius 1 is 0.667 bits per heavy atom. The second-order valence-electron chi connectivity index (χ2n) is 7.93.